The van der Waals surface area contributed by atoms with Gasteiger partial charge in [-0.3, -0.25) is 10.3 Å². The summed E-state index contributed by atoms with van der Waals surface area (Å²) in [5.74, 6) is 0.779. The number of phenolic OH excluding ortho intramolecular Hbond substituents is 1. The summed E-state index contributed by atoms with van der Waals surface area (Å²) in [4.78, 5) is 13.2. The Morgan fingerprint density at radius 1 is 0.971 bits per heavy atom. The van der Waals surface area contributed by atoms with Gasteiger partial charge < -0.3 is 15.7 Å². The molecule has 34 heavy (non-hydrogen) atoms. The number of anilines is 2. The molecule has 11 heteroatoms. The van der Waals surface area contributed by atoms with E-state index in [1.165, 1.54) is 12.1 Å². The van der Waals surface area contributed by atoms with Gasteiger partial charge in [0.05, 0.1) is 5.56 Å². The number of guanidine groups is 1. The molecule has 3 aromatic rings. The summed E-state index contributed by atoms with van der Waals surface area (Å²) >= 11 is 5.31. The molecule has 3 rings (SSSR count). The van der Waals surface area contributed by atoms with Crippen LogP contribution in [0.25, 0.3) is 0 Å². The first-order valence-electron chi connectivity index (χ1n) is 10.3. The Kier molecular flexibility index (Phi) is 8.00. The van der Waals surface area contributed by atoms with E-state index >= 15 is 0 Å². The molecule has 1 heterocycles. The van der Waals surface area contributed by atoms with Crippen LogP contribution in [0.2, 0.25) is 0 Å². The molecule has 0 spiro atoms. The van der Waals surface area contributed by atoms with Gasteiger partial charge in [0.15, 0.2) is 5.11 Å². The molecule has 2 aromatic carbocycles. The molecule has 0 atom stereocenters. The Hall–Kier alpha value is -3.73. The van der Waals surface area contributed by atoms with Crippen molar-refractivity contribution >= 4 is 34.9 Å². The Balaban J connectivity index is 1.71. The van der Waals surface area contributed by atoms with Crippen LogP contribution in [-0.4, -0.2) is 32.7 Å². The topological polar surface area (TPSA) is 94.5 Å². The molecule has 0 fully saturated rings. The van der Waals surface area contributed by atoms with Crippen LogP contribution in [0.1, 0.15) is 22.5 Å². The molecule has 0 unspecified atom stereocenters. The highest BCUT2D eigenvalue weighted by atomic mass is 32.1. The highest BCUT2D eigenvalue weighted by Gasteiger charge is 2.29. The van der Waals surface area contributed by atoms with Crippen molar-refractivity contribution in [3.05, 3.63) is 77.1 Å². The molecule has 1 aromatic heterocycles. The molecule has 0 amide bonds. The van der Waals surface area contributed by atoms with Gasteiger partial charge in [-0.05, 0) is 80.5 Å². The van der Waals surface area contributed by atoms with Crippen molar-refractivity contribution in [3.8, 4) is 5.75 Å². The average Bonchev–Trinajstić information content (AvgIpc) is 2.74. The minimum Gasteiger partial charge on any atom is -0.508 e. The fourth-order valence-corrected chi connectivity index (χ4v) is 3.18. The lowest BCUT2D eigenvalue weighted by Crippen LogP contribution is -2.39. The number of benzene rings is 2. The number of aromatic nitrogens is 2. The fourth-order valence-electron chi connectivity index (χ4n) is 2.97. The predicted molar refractivity (Wildman–Crippen MR) is 130 cm³/mol. The summed E-state index contributed by atoms with van der Waals surface area (Å²) in [5.41, 5.74) is 2.15. The number of aliphatic imine (C=N–C) groups is 1. The predicted octanol–water partition coefficient (Wildman–Crippen LogP) is 4.82. The number of hydrogen-bond donors (Lipinski definition) is 4. The SMILES string of the molecule is Cc1cc(C)nc(NC(=NCCc2ccc(O)cc2)NC(=S)Nc2ccc(C(F)(F)F)cc2)n1. The van der Waals surface area contributed by atoms with Crippen molar-refractivity contribution in [2.75, 3.05) is 17.2 Å². The molecule has 7 nitrogen and oxygen atoms in total. The lowest BCUT2D eigenvalue weighted by molar-refractivity contribution is -0.137. The van der Waals surface area contributed by atoms with Crippen LogP contribution in [0, 0.1) is 13.8 Å². The third-order valence-corrected chi connectivity index (χ3v) is 4.73. The van der Waals surface area contributed by atoms with Crippen molar-refractivity contribution < 1.29 is 18.3 Å². The lowest BCUT2D eigenvalue weighted by atomic mass is 10.1. The van der Waals surface area contributed by atoms with E-state index in [-0.39, 0.29) is 16.8 Å². The van der Waals surface area contributed by atoms with Crippen molar-refractivity contribution in [3.63, 3.8) is 0 Å². The molecule has 0 bridgehead atoms. The number of hydrogen-bond acceptors (Lipinski definition) is 5. The third kappa shape index (κ3) is 7.69. The Morgan fingerprint density at radius 3 is 2.18 bits per heavy atom. The van der Waals surface area contributed by atoms with Crippen LogP contribution in [0.3, 0.4) is 0 Å². The Bertz CT molecular complexity index is 1140. The van der Waals surface area contributed by atoms with Gasteiger partial charge in [-0.25, -0.2) is 9.97 Å². The summed E-state index contributed by atoms with van der Waals surface area (Å²) in [6, 6.07) is 13.2. The summed E-state index contributed by atoms with van der Waals surface area (Å²) in [7, 11) is 0. The normalized spacial score (nSPS) is 11.7. The monoisotopic (exact) mass is 488 g/mol. The smallest absolute Gasteiger partial charge is 0.416 e. The molecule has 178 valence electrons. The summed E-state index contributed by atoms with van der Waals surface area (Å²) in [5, 5.41) is 18.3. The zero-order valence-electron chi connectivity index (χ0n) is 18.4. The quantitative estimate of drug-likeness (QED) is 0.233. The average molecular weight is 489 g/mol. The first-order valence-corrected chi connectivity index (χ1v) is 10.7. The number of phenols is 1. The maximum absolute atomic E-state index is 12.8. The Morgan fingerprint density at radius 2 is 1.59 bits per heavy atom. The number of nitrogens with zero attached hydrogens (tertiary/aromatic N) is 3. The van der Waals surface area contributed by atoms with Crippen molar-refractivity contribution in [2.24, 2.45) is 4.99 Å². The van der Waals surface area contributed by atoms with E-state index in [2.05, 4.69) is 30.9 Å². The van der Waals surface area contributed by atoms with Gasteiger partial charge in [0.2, 0.25) is 11.9 Å². The molecule has 0 aliphatic carbocycles. The summed E-state index contributed by atoms with van der Waals surface area (Å²) < 4.78 is 38.3. The van der Waals surface area contributed by atoms with Gasteiger partial charge in [-0.2, -0.15) is 13.2 Å². The van der Waals surface area contributed by atoms with Crippen LogP contribution in [0.5, 0.6) is 5.75 Å². The van der Waals surface area contributed by atoms with Gasteiger partial charge >= 0.3 is 6.18 Å². The van der Waals surface area contributed by atoms with Crippen LogP contribution in [0.4, 0.5) is 24.8 Å². The molecule has 0 saturated heterocycles. The zero-order chi connectivity index (χ0) is 24.7. The highest BCUT2D eigenvalue weighted by molar-refractivity contribution is 7.80. The maximum Gasteiger partial charge on any atom is 0.416 e. The van der Waals surface area contributed by atoms with E-state index in [4.69, 9.17) is 12.2 Å². The maximum atomic E-state index is 12.8. The largest absolute Gasteiger partial charge is 0.508 e. The first-order chi connectivity index (χ1) is 16.1. The van der Waals surface area contributed by atoms with Gasteiger partial charge in [-0.1, -0.05) is 12.1 Å². The Labute approximate surface area is 200 Å². The molecule has 4 N–H and O–H groups in total. The number of halogens is 3. The van der Waals surface area contributed by atoms with Crippen molar-refractivity contribution in [1.29, 1.82) is 0 Å². The van der Waals surface area contributed by atoms with Crippen LogP contribution in [-0.2, 0) is 12.6 Å². The molecular weight excluding hydrogens is 465 g/mol. The summed E-state index contributed by atoms with van der Waals surface area (Å²) in [6.07, 6.45) is -3.82. The molecule has 0 saturated carbocycles. The van der Waals surface area contributed by atoms with E-state index in [9.17, 15) is 18.3 Å². The number of alkyl halides is 3. The summed E-state index contributed by atoms with van der Waals surface area (Å²) in [6.45, 7) is 4.06. The van der Waals surface area contributed by atoms with Gasteiger partial charge in [0.25, 0.3) is 0 Å². The number of nitrogens with one attached hydrogen (secondary N) is 3. The molecule has 0 radical (unpaired) electrons. The van der Waals surface area contributed by atoms with Gasteiger partial charge in [-0.15, -0.1) is 0 Å². The lowest BCUT2D eigenvalue weighted by Gasteiger charge is -2.15. The molecule has 0 aliphatic heterocycles. The number of rotatable bonds is 5. The van der Waals surface area contributed by atoms with Crippen molar-refractivity contribution in [1.82, 2.24) is 15.3 Å². The van der Waals surface area contributed by atoms with E-state index in [0.29, 0.717) is 24.6 Å². The highest BCUT2D eigenvalue weighted by Crippen LogP contribution is 2.29. The first kappa shape index (κ1) is 24.9. The van der Waals surface area contributed by atoms with E-state index in [1.54, 1.807) is 24.3 Å². The fraction of sp³-hybridized carbons (Fsp3) is 0.217. The second kappa shape index (κ2) is 10.9. The van der Waals surface area contributed by atoms with E-state index < -0.39 is 11.7 Å². The third-order valence-electron chi connectivity index (χ3n) is 4.52. The number of thiocarbonyl (C=S) groups is 1. The minimum atomic E-state index is -4.41. The van der Waals surface area contributed by atoms with Crippen LogP contribution < -0.4 is 16.0 Å². The zero-order valence-corrected chi connectivity index (χ0v) is 19.3. The number of aryl methyl sites for hydroxylation is 2. The second-order valence-corrected chi connectivity index (χ2v) is 7.81. The molecular formula is C23H23F3N6OS. The van der Waals surface area contributed by atoms with Crippen LogP contribution in [0.15, 0.2) is 59.6 Å². The minimum absolute atomic E-state index is 0.125. The van der Waals surface area contributed by atoms with Crippen LogP contribution >= 0.6 is 12.2 Å². The molecule has 0 aliphatic rings. The number of aromatic hydroxyl groups is 1. The van der Waals surface area contributed by atoms with Crippen molar-refractivity contribution in [2.45, 2.75) is 26.4 Å². The van der Waals surface area contributed by atoms with E-state index in [1.807, 2.05) is 19.9 Å². The second-order valence-electron chi connectivity index (χ2n) is 7.40. The standard InChI is InChI=1S/C23H23F3N6OS/c1-14-13-15(2)29-21(28-14)31-20(27-12-11-16-3-9-19(33)10-4-16)32-22(34)30-18-7-5-17(6-8-18)23(24,25)26/h3-10,13,33H,11-12H2,1-2H3,(H3,27,28,29,30,31,32,34). The van der Waals surface area contributed by atoms with E-state index in [0.717, 1.165) is 29.1 Å². The van der Waals surface area contributed by atoms with Gasteiger partial charge in [0.1, 0.15) is 5.75 Å². The van der Waals surface area contributed by atoms with Gasteiger partial charge in [0, 0.05) is 23.6 Å².